The summed E-state index contributed by atoms with van der Waals surface area (Å²) in [5.41, 5.74) is 2.71. The molecule has 0 radical (unpaired) electrons. The minimum absolute atomic E-state index is 0.0408. The number of amides is 1. The van der Waals surface area contributed by atoms with Crippen LogP contribution in [0.25, 0.3) is 0 Å². The van der Waals surface area contributed by atoms with Crippen LogP contribution in [-0.4, -0.2) is 18.5 Å². The fourth-order valence-corrected chi connectivity index (χ4v) is 2.29. The summed E-state index contributed by atoms with van der Waals surface area (Å²) in [4.78, 5) is 13.8. The van der Waals surface area contributed by atoms with Gasteiger partial charge in [-0.3, -0.25) is 4.79 Å². The third-order valence-electron chi connectivity index (χ3n) is 2.74. The number of hydrogen-bond acceptors (Lipinski definition) is 2. The Labute approximate surface area is 106 Å². The second kappa shape index (κ2) is 4.41. The van der Waals surface area contributed by atoms with Crippen molar-refractivity contribution in [2.24, 2.45) is 0 Å². The first-order valence-corrected chi connectivity index (χ1v) is 5.88. The highest BCUT2D eigenvalue weighted by atomic mass is 35.5. The zero-order valence-electron chi connectivity index (χ0n) is 9.96. The highest BCUT2D eigenvalue weighted by Crippen LogP contribution is 2.24. The Kier molecular flexibility index (Phi) is 3.11. The SMILES string of the molecule is C=C1CN(c2cc(C)cc(Cl)c2)C(=O)C(C)N1. The summed E-state index contributed by atoms with van der Waals surface area (Å²) >= 11 is 6.01. The van der Waals surface area contributed by atoms with Gasteiger partial charge in [0.1, 0.15) is 6.04 Å². The molecule has 1 aliphatic rings. The molecule has 90 valence electrons. The first-order valence-electron chi connectivity index (χ1n) is 5.50. The summed E-state index contributed by atoms with van der Waals surface area (Å²) in [5, 5.41) is 3.68. The average Bonchev–Trinajstić information content (AvgIpc) is 2.22. The lowest BCUT2D eigenvalue weighted by Crippen LogP contribution is -2.52. The molecule has 3 nitrogen and oxygen atoms in total. The van der Waals surface area contributed by atoms with Gasteiger partial charge < -0.3 is 10.2 Å². The maximum Gasteiger partial charge on any atom is 0.249 e. The van der Waals surface area contributed by atoms with Crippen molar-refractivity contribution in [1.29, 1.82) is 0 Å². The summed E-state index contributed by atoms with van der Waals surface area (Å²) in [6, 6.07) is 5.39. The number of benzene rings is 1. The number of nitrogens with zero attached hydrogens (tertiary/aromatic N) is 1. The van der Waals surface area contributed by atoms with E-state index in [1.165, 1.54) is 0 Å². The molecular weight excluding hydrogens is 236 g/mol. The first kappa shape index (κ1) is 12.0. The summed E-state index contributed by atoms with van der Waals surface area (Å²) in [6.45, 7) is 8.16. The molecule has 1 saturated heterocycles. The van der Waals surface area contributed by atoms with Gasteiger partial charge in [-0.25, -0.2) is 0 Å². The number of rotatable bonds is 1. The van der Waals surface area contributed by atoms with E-state index in [2.05, 4.69) is 11.9 Å². The molecule has 4 heteroatoms. The van der Waals surface area contributed by atoms with Gasteiger partial charge in [-0.15, -0.1) is 0 Å². The van der Waals surface area contributed by atoms with Gasteiger partial charge in [-0.05, 0) is 37.6 Å². The molecule has 1 heterocycles. The van der Waals surface area contributed by atoms with Crippen molar-refractivity contribution in [3.8, 4) is 0 Å². The van der Waals surface area contributed by atoms with Crippen LogP contribution in [0, 0.1) is 6.92 Å². The molecule has 0 spiro atoms. The molecule has 1 atom stereocenters. The number of aryl methyl sites for hydroxylation is 1. The number of carbonyl (C=O) groups is 1. The van der Waals surface area contributed by atoms with Crippen LogP contribution in [0.3, 0.4) is 0 Å². The Morgan fingerprint density at radius 3 is 2.82 bits per heavy atom. The smallest absolute Gasteiger partial charge is 0.249 e. The number of halogens is 1. The largest absolute Gasteiger partial charge is 0.376 e. The molecule has 1 aromatic rings. The van der Waals surface area contributed by atoms with E-state index in [0.29, 0.717) is 11.6 Å². The van der Waals surface area contributed by atoms with E-state index in [0.717, 1.165) is 16.9 Å². The molecule has 0 saturated carbocycles. The molecule has 0 aliphatic carbocycles. The van der Waals surface area contributed by atoms with Gasteiger partial charge >= 0.3 is 0 Å². The molecule has 1 unspecified atom stereocenters. The van der Waals surface area contributed by atoms with Crippen LogP contribution in [-0.2, 0) is 4.79 Å². The molecule has 0 aromatic heterocycles. The third-order valence-corrected chi connectivity index (χ3v) is 2.96. The number of anilines is 1. The van der Waals surface area contributed by atoms with Crippen LogP contribution >= 0.6 is 11.6 Å². The van der Waals surface area contributed by atoms with Crippen LogP contribution in [0.5, 0.6) is 0 Å². The van der Waals surface area contributed by atoms with Crippen molar-refractivity contribution < 1.29 is 4.79 Å². The Bertz CT molecular complexity index is 464. The van der Waals surface area contributed by atoms with Crippen molar-refractivity contribution in [3.63, 3.8) is 0 Å². The predicted octanol–water partition coefficient (Wildman–Crippen LogP) is 2.49. The predicted molar refractivity (Wildman–Crippen MR) is 70.3 cm³/mol. The van der Waals surface area contributed by atoms with E-state index in [1.807, 2.05) is 26.0 Å². The van der Waals surface area contributed by atoms with E-state index < -0.39 is 0 Å². The van der Waals surface area contributed by atoms with Gasteiger partial charge in [0.25, 0.3) is 0 Å². The molecule has 17 heavy (non-hydrogen) atoms. The summed E-state index contributed by atoms with van der Waals surface area (Å²) in [5.74, 6) is 0.0408. The van der Waals surface area contributed by atoms with Crippen molar-refractivity contribution in [3.05, 3.63) is 41.1 Å². The molecular formula is C13H15ClN2O. The van der Waals surface area contributed by atoms with E-state index in [9.17, 15) is 4.79 Å². The Hall–Kier alpha value is -1.48. The second-order valence-corrected chi connectivity index (χ2v) is 4.82. The van der Waals surface area contributed by atoms with Gasteiger partial charge in [-0.2, -0.15) is 0 Å². The Morgan fingerprint density at radius 2 is 2.18 bits per heavy atom. The maximum atomic E-state index is 12.1. The third kappa shape index (κ3) is 2.44. The molecule has 1 fully saturated rings. The maximum absolute atomic E-state index is 12.1. The lowest BCUT2D eigenvalue weighted by Gasteiger charge is -2.33. The lowest BCUT2D eigenvalue weighted by atomic mass is 10.1. The average molecular weight is 251 g/mol. The zero-order valence-corrected chi connectivity index (χ0v) is 10.7. The van der Waals surface area contributed by atoms with Crippen LogP contribution in [0.1, 0.15) is 12.5 Å². The lowest BCUT2D eigenvalue weighted by molar-refractivity contribution is -0.120. The van der Waals surface area contributed by atoms with Crippen molar-refractivity contribution in [2.75, 3.05) is 11.4 Å². The van der Waals surface area contributed by atoms with Crippen molar-refractivity contribution in [1.82, 2.24) is 5.32 Å². The van der Waals surface area contributed by atoms with E-state index in [-0.39, 0.29) is 11.9 Å². The molecule has 1 amide bonds. The first-order chi connectivity index (χ1) is 7.97. The van der Waals surface area contributed by atoms with Crippen LogP contribution in [0.4, 0.5) is 5.69 Å². The molecule has 0 bridgehead atoms. The molecule has 2 rings (SSSR count). The normalized spacial score (nSPS) is 20.4. The molecule has 1 aromatic carbocycles. The number of hydrogen-bond donors (Lipinski definition) is 1. The van der Waals surface area contributed by atoms with E-state index >= 15 is 0 Å². The highest BCUT2D eigenvalue weighted by Gasteiger charge is 2.27. The second-order valence-electron chi connectivity index (χ2n) is 4.38. The summed E-state index contributed by atoms with van der Waals surface area (Å²) in [7, 11) is 0. The Morgan fingerprint density at radius 1 is 1.47 bits per heavy atom. The number of piperazine rings is 1. The summed E-state index contributed by atoms with van der Waals surface area (Å²) < 4.78 is 0. The van der Waals surface area contributed by atoms with Crippen LogP contribution in [0.2, 0.25) is 5.02 Å². The quantitative estimate of drug-likeness (QED) is 0.831. The van der Waals surface area contributed by atoms with Crippen molar-refractivity contribution >= 4 is 23.2 Å². The number of carbonyl (C=O) groups excluding carboxylic acids is 1. The summed E-state index contributed by atoms with van der Waals surface area (Å²) in [6.07, 6.45) is 0. The highest BCUT2D eigenvalue weighted by molar-refractivity contribution is 6.31. The fraction of sp³-hybridized carbons (Fsp3) is 0.308. The van der Waals surface area contributed by atoms with Gasteiger partial charge in [0.2, 0.25) is 5.91 Å². The van der Waals surface area contributed by atoms with Gasteiger partial charge in [-0.1, -0.05) is 18.2 Å². The van der Waals surface area contributed by atoms with E-state index in [1.54, 1.807) is 11.0 Å². The van der Waals surface area contributed by atoms with Crippen LogP contribution in [0.15, 0.2) is 30.5 Å². The van der Waals surface area contributed by atoms with Gasteiger partial charge in [0, 0.05) is 16.4 Å². The molecule has 1 N–H and O–H groups in total. The van der Waals surface area contributed by atoms with Gasteiger partial charge in [0.05, 0.1) is 6.54 Å². The molecule has 1 aliphatic heterocycles. The number of nitrogens with one attached hydrogen (secondary N) is 1. The topological polar surface area (TPSA) is 32.3 Å². The Balaban J connectivity index is 2.37. The zero-order chi connectivity index (χ0) is 12.6. The standard InChI is InChI=1S/C13H15ClN2O/c1-8-4-11(14)6-12(5-8)16-7-9(2)15-10(3)13(16)17/h4-6,10,15H,2,7H2,1,3H3. The monoisotopic (exact) mass is 250 g/mol. The van der Waals surface area contributed by atoms with Crippen molar-refractivity contribution in [2.45, 2.75) is 19.9 Å². The fourth-order valence-electron chi connectivity index (χ4n) is 2.01. The minimum atomic E-state index is -0.240. The van der Waals surface area contributed by atoms with Crippen LogP contribution < -0.4 is 10.2 Å². The van der Waals surface area contributed by atoms with Gasteiger partial charge in [0.15, 0.2) is 0 Å². The van der Waals surface area contributed by atoms with E-state index in [4.69, 9.17) is 11.6 Å². The minimum Gasteiger partial charge on any atom is -0.376 e.